The van der Waals surface area contributed by atoms with Crippen LogP contribution in [0.4, 0.5) is 8.78 Å². The van der Waals surface area contributed by atoms with E-state index >= 15 is 0 Å². The summed E-state index contributed by atoms with van der Waals surface area (Å²) in [5.41, 5.74) is 0.145. The Morgan fingerprint density at radius 3 is 2.44 bits per heavy atom. The first-order chi connectivity index (χ1) is 8.27. The highest BCUT2D eigenvalue weighted by Gasteiger charge is 2.26. The Morgan fingerprint density at radius 1 is 1.33 bits per heavy atom. The number of nitrogens with zero attached hydrogens (tertiary/aromatic N) is 1. The van der Waals surface area contributed by atoms with Crippen molar-refractivity contribution in [3.05, 3.63) is 35.4 Å². The summed E-state index contributed by atoms with van der Waals surface area (Å²) in [6.07, 6.45) is 0.0597. The molecule has 0 unspecified atom stereocenters. The average molecular weight is 320 g/mol. The molecule has 18 heavy (non-hydrogen) atoms. The Bertz CT molecular complexity index is 449. The first-order valence-corrected chi connectivity index (χ1v) is 6.66. The van der Waals surface area contributed by atoms with E-state index in [9.17, 15) is 13.6 Å². The van der Waals surface area contributed by atoms with Crippen LogP contribution >= 0.6 is 15.9 Å². The van der Waals surface area contributed by atoms with Gasteiger partial charge in [-0.3, -0.25) is 4.79 Å². The van der Waals surface area contributed by atoms with Crippen LogP contribution in [0.1, 0.15) is 19.4 Å². The van der Waals surface area contributed by atoms with Crippen LogP contribution in [0, 0.1) is 11.6 Å². The molecule has 0 spiro atoms. The van der Waals surface area contributed by atoms with Crippen LogP contribution in [0.25, 0.3) is 0 Å². The highest BCUT2D eigenvalue weighted by atomic mass is 79.9. The fourth-order valence-electron chi connectivity index (χ4n) is 1.37. The highest BCUT2D eigenvalue weighted by molar-refractivity contribution is 9.09. The van der Waals surface area contributed by atoms with Crippen LogP contribution in [0.3, 0.4) is 0 Å². The predicted molar refractivity (Wildman–Crippen MR) is 70.7 cm³/mol. The van der Waals surface area contributed by atoms with Gasteiger partial charge in [0, 0.05) is 17.9 Å². The van der Waals surface area contributed by atoms with Gasteiger partial charge in [0.25, 0.3) is 0 Å². The molecule has 0 aliphatic carbocycles. The number of carbonyl (C=O) groups is 1. The Kier molecular flexibility index (Phi) is 4.85. The second-order valence-corrected chi connectivity index (χ2v) is 5.38. The minimum atomic E-state index is -0.928. The van der Waals surface area contributed by atoms with Gasteiger partial charge in [-0.05, 0) is 31.5 Å². The molecule has 1 aromatic carbocycles. The monoisotopic (exact) mass is 319 g/mol. The van der Waals surface area contributed by atoms with E-state index in [0.717, 1.165) is 12.1 Å². The molecule has 1 rings (SSSR count). The maximum Gasteiger partial charge on any atom is 0.227 e. The molecule has 0 heterocycles. The van der Waals surface area contributed by atoms with Crippen molar-refractivity contribution < 1.29 is 13.6 Å². The van der Waals surface area contributed by atoms with Gasteiger partial charge in [0.15, 0.2) is 11.6 Å². The number of rotatable bonds is 4. The van der Waals surface area contributed by atoms with Crippen LogP contribution in [0.5, 0.6) is 0 Å². The summed E-state index contributed by atoms with van der Waals surface area (Å²) in [5.74, 6) is -1.96. The highest BCUT2D eigenvalue weighted by Crippen LogP contribution is 2.17. The average Bonchev–Trinajstić information content (AvgIpc) is 2.32. The molecule has 2 nitrogen and oxygen atoms in total. The number of hydrogen-bond donors (Lipinski definition) is 0. The zero-order valence-corrected chi connectivity index (χ0v) is 12.2. The lowest BCUT2D eigenvalue weighted by Gasteiger charge is -2.34. The van der Waals surface area contributed by atoms with Crippen LogP contribution in [-0.2, 0) is 11.2 Å². The molecule has 5 heteroatoms. The number of likely N-dealkylation sites (N-methyl/N-ethyl adjacent to an activating group) is 1. The number of benzene rings is 1. The molecule has 0 atom stereocenters. The van der Waals surface area contributed by atoms with Crippen molar-refractivity contribution in [3.63, 3.8) is 0 Å². The summed E-state index contributed by atoms with van der Waals surface area (Å²) < 4.78 is 25.8. The molecule has 0 saturated heterocycles. The van der Waals surface area contributed by atoms with Crippen LogP contribution in [0.2, 0.25) is 0 Å². The molecule has 0 radical (unpaired) electrons. The summed E-state index contributed by atoms with van der Waals surface area (Å²) in [6, 6.07) is 3.51. The minimum absolute atomic E-state index is 0.0597. The fourth-order valence-corrected chi connectivity index (χ4v) is 1.75. The summed E-state index contributed by atoms with van der Waals surface area (Å²) in [7, 11) is 1.70. The molecule has 0 aliphatic heterocycles. The quantitative estimate of drug-likeness (QED) is 0.781. The zero-order chi connectivity index (χ0) is 13.9. The van der Waals surface area contributed by atoms with Crippen LogP contribution < -0.4 is 0 Å². The Labute approximate surface area is 114 Å². The summed E-state index contributed by atoms with van der Waals surface area (Å²) in [4.78, 5) is 13.6. The molecule has 0 bridgehead atoms. The van der Waals surface area contributed by atoms with Crippen molar-refractivity contribution in [2.45, 2.75) is 25.8 Å². The van der Waals surface area contributed by atoms with Crippen molar-refractivity contribution in [2.75, 3.05) is 12.4 Å². The van der Waals surface area contributed by atoms with Gasteiger partial charge in [0.1, 0.15) is 0 Å². The van der Waals surface area contributed by atoms with E-state index in [1.807, 2.05) is 13.8 Å². The zero-order valence-electron chi connectivity index (χ0n) is 10.6. The molecule has 1 amide bonds. The molecule has 100 valence electrons. The first-order valence-electron chi connectivity index (χ1n) is 5.54. The van der Waals surface area contributed by atoms with Crippen molar-refractivity contribution >= 4 is 21.8 Å². The second-order valence-electron chi connectivity index (χ2n) is 4.82. The third kappa shape index (κ3) is 3.51. The number of alkyl halides is 1. The van der Waals surface area contributed by atoms with E-state index in [4.69, 9.17) is 0 Å². The van der Waals surface area contributed by atoms with Crippen LogP contribution in [-0.4, -0.2) is 28.7 Å². The number of hydrogen-bond acceptors (Lipinski definition) is 1. The summed E-state index contributed by atoms with van der Waals surface area (Å²) >= 11 is 3.34. The van der Waals surface area contributed by atoms with Crippen LogP contribution in [0.15, 0.2) is 18.2 Å². The molecule has 0 aliphatic rings. The van der Waals surface area contributed by atoms with E-state index in [-0.39, 0.29) is 17.9 Å². The molecule has 0 saturated carbocycles. The summed E-state index contributed by atoms with van der Waals surface area (Å²) in [6.45, 7) is 3.84. The lowest BCUT2D eigenvalue weighted by Crippen LogP contribution is -2.46. The van der Waals surface area contributed by atoms with Crippen molar-refractivity contribution in [1.29, 1.82) is 0 Å². The maximum atomic E-state index is 13.0. The lowest BCUT2D eigenvalue weighted by molar-refractivity contribution is -0.133. The Hall–Kier alpha value is -0.970. The number of carbonyl (C=O) groups excluding carboxylic acids is 1. The SMILES string of the molecule is CN(C(=O)Cc1ccc(F)c(F)c1)C(C)(C)CBr. The normalized spacial score (nSPS) is 11.4. The fraction of sp³-hybridized carbons (Fsp3) is 0.462. The lowest BCUT2D eigenvalue weighted by atomic mass is 10.0. The van der Waals surface area contributed by atoms with Crippen molar-refractivity contribution in [2.24, 2.45) is 0 Å². The summed E-state index contributed by atoms with van der Waals surface area (Å²) in [5, 5.41) is 0.639. The van der Waals surface area contributed by atoms with Gasteiger partial charge in [0.2, 0.25) is 5.91 Å². The Balaban J connectivity index is 2.78. The van der Waals surface area contributed by atoms with E-state index in [2.05, 4.69) is 15.9 Å². The van der Waals surface area contributed by atoms with Crippen molar-refractivity contribution in [1.82, 2.24) is 4.90 Å². The van der Waals surface area contributed by atoms with E-state index in [1.54, 1.807) is 11.9 Å². The van der Waals surface area contributed by atoms with E-state index in [1.165, 1.54) is 6.07 Å². The molecule has 0 N–H and O–H groups in total. The molecular weight excluding hydrogens is 304 g/mol. The number of halogens is 3. The first kappa shape index (κ1) is 15.1. The van der Waals surface area contributed by atoms with Gasteiger partial charge < -0.3 is 4.90 Å². The molecule has 1 aromatic rings. The third-order valence-corrected chi connectivity index (χ3v) is 4.32. The van der Waals surface area contributed by atoms with Gasteiger partial charge in [-0.1, -0.05) is 22.0 Å². The third-order valence-electron chi connectivity index (χ3n) is 2.95. The van der Waals surface area contributed by atoms with Gasteiger partial charge in [0.05, 0.1) is 6.42 Å². The maximum absolute atomic E-state index is 13.0. The standard InChI is InChI=1S/C13H16BrF2NO/c1-13(2,8-14)17(3)12(18)7-9-4-5-10(15)11(16)6-9/h4-6H,7-8H2,1-3H3. The molecule has 0 aromatic heterocycles. The smallest absolute Gasteiger partial charge is 0.227 e. The Morgan fingerprint density at radius 2 is 1.94 bits per heavy atom. The van der Waals surface area contributed by atoms with Crippen molar-refractivity contribution in [3.8, 4) is 0 Å². The predicted octanol–water partition coefficient (Wildman–Crippen LogP) is 3.14. The van der Waals surface area contributed by atoms with E-state index in [0.29, 0.717) is 10.9 Å². The topological polar surface area (TPSA) is 20.3 Å². The minimum Gasteiger partial charge on any atom is -0.340 e. The van der Waals surface area contributed by atoms with Gasteiger partial charge in [-0.2, -0.15) is 0 Å². The van der Waals surface area contributed by atoms with Gasteiger partial charge >= 0.3 is 0 Å². The van der Waals surface area contributed by atoms with Gasteiger partial charge in [-0.25, -0.2) is 8.78 Å². The second kappa shape index (κ2) is 5.78. The van der Waals surface area contributed by atoms with Gasteiger partial charge in [-0.15, -0.1) is 0 Å². The molecule has 0 fully saturated rings. The molecular formula is C13H16BrF2NO. The number of amides is 1. The largest absolute Gasteiger partial charge is 0.340 e. The van der Waals surface area contributed by atoms with E-state index < -0.39 is 11.6 Å².